The number of nitrogens with one attached hydrogen (secondary N) is 2. The Kier molecular flexibility index (Phi) is 4.90. The normalized spacial score (nSPS) is 10.4. The van der Waals surface area contributed by atoms with Crippen molar-refractivity contribution in [3.05, 3.63) is 51.4 Å². The molecule has 0 saturated carbocycles. The number of amides is 1. The van der Waals surface area contributed by atoms with Gasteiger partial charge >= 0.3 is 0 Å². The van der Waals surface area contributed by atoms with Gasteiger partial charge in [0.25, 0.3) is 0 Å². The minimum absolute atomic E-state index is 0.172. The van der Waals surface area contributed by atoms with Crippen molar-refractivity contribution in [2.45, 2.75) is 6.54 Å². The molecule has 3 nitrogen and oxygen atoms in total. The fourth-order valence-corrected chi connectivity index (χ4v) is 2.54. The first kappa shape index (κ1) is 14.0. The minimum atomic E-state index is -0.328. The van der Waals surface area contributed by atoms with E-state index in [2.05, 4.69) is 10.6 Å². The first-order valence-corrected chi connectivity index (χ1v) is 6.83. The number of benzene rings is 1. The first-order valence-electron chi connectivity index (χ1n) is 5.64. The number of halogens is 2. The van der Waals surface area contributed by atoms with Gasteiger partial charge in [-0.25, -0.2) is 4.39 Å². The second kappa shape index (κ2) is 6.65. The second-order valence-corrected chi connectivity index (χ2v) is 5.66. The Balaban J connectivity index is 1.74. The van der Waals surface area contributed by atoms with E-state index in [-0.39, 0.29) is 18.3 Å². The number of rotatable bonds is 5. The molecule has 0 bridgehead atoms. The quantitative estimate of drug-likeness (QED) is 0.889. The van der Waals surface area contributed by atoms with Crippen molar-refractivity contribution in [1.29, 1.82) is 0 Å². The highest BCUT2D eigenvalue weighted by atomic mass is 35.5. The Morgan fingerprint density at radius 3 is 2.58 bits per heavy atom. The zero-order valence-electron chi connectivity index (χ0n) is 9.95. The van der Waals surface area contributed by atoms with E-state index in [0.717, 1.165) is 9.21 Å². The van der Waals surface area contributed by atoms with E-state index in [1.807, 2.05) is 12.1 Å². The SMILES string of the molecule is O=C(CNCc1ccc(Cl)s1)Nc1ccc(F)cc1. The summed E-state index contributed by atoms with van der Waals surface area (Å²) in [5.41, 5.74) is 0.576. The molecule has 0 aliphatic carbocycles. The lowest BCUT2D eigenvalue weighted by atomic mass is 10.3. The molecule has 1 aromatic carbocycles. The molecule has 1 amide bonds. The smallest absolute Gasteiger partial charge is 0.238 e. The highest BCUT2D eigenvalue weighted by molar-refractivity contribution is 7.16. The van der Waals surface area contributed by atoms with Crippen LogP contribution in [0.4, 0.5) is 10.1 Å². The fraction of sp³-hybridized carbons (Fsp3) is 0.154. The predicted octanol–water partition coefficient (Wildman–Crippen LogP) is 3.27. The van der Waals surface area contributed by atoms with Crippen LogP contribution >= 0.6 is 22.9 Å². The monoisotopic (exact) mass is 298 g/mol. The van der Waals surface area contributed by atoms with Gasteiger partial charge in [-0.1, -0.05) is 11.6 Å². The van der Waals surface area contributed by atoms with Gasteiger partial charge in [0.15, 0.2) is 0 Å². The third kappa shape index (κ3) is 4.63. The van der Waals surface area contributed by atoms with Crippen LogP contribution in [0.1, 0.15) is 4.88 Å². The van der Waals surface area contributed by atoms with E-state index in [9.17, 15) is 9.18 Å². The van der Waals surface area contributed by atoms with Crippen LogP contribution in [0.2, 0.25) is 4.34 Å². The summed E-state index contributed by atoms with van der Waals surface area (Å²) in [5.74, 6) is -0.500. The molecule has 100 valence electrons. The molecular formula is C13H12ClFN2OS. The van der Waals surface area contributed by atoms with Gasteiger partial charge in [-0.15, -0.1) is 11.3 Å². The molecule has 1 heterocycles. The number of carbonyl (C=O) groups is 1. The van der Waals surface area contributed by atoms with Crippen LogP contribution in [-0.4, -0.2) is 12.5 Å². The summed E-state index contributed by atoms with van der Waals surface area (Å²) in [7, 11) is 0. The van der Waals surface area contributed by atoms with Gasteiger partial charge in [-0.3, -0.25) is 4.79 Å². The van der Waals surface area contributed by atoms with Gasteiger partial charge in [0.1, 0.15) is 5.82 Å². The van der Waals surface area contributed by atoms with E-state index in [1.54, 1.807) is 0 Å². The summed E-state index contributed by atoms with van der Waals surface area (Å²) in [4.78, 5) is 12.7. The molecule has 2 aromatic rings. The van der Waals surface area contributed by atoms with Crippen LogP contribution in [0, 0.1) is 5.82 Å². The zero-order valence-corrected chi connectivity index (χ0v) is 11.5. The van der Waals surface area contributed by atoms with Crippen molar-refractivity contribution >= 4 is 34.5 Å². The third-order valence-corrected chi connectivity index (χ3v) is 3.57. The average Bonchev–Trinajstić information content (AvgIpc) is 2.78. The average molecular weight is 299 g/mol. The van der Waals surface area contributed by atoms with Gasteiger partial charge in [-0.2, -0.15) is 0 Å². The van der Waals surface area contributed by atoms with Crippen LogP contribution in [-0.2, 0) is 11.3 Å². The molecule has 0 unspecified atom stereocenters. The molecule has 0 aliphatic heterocycles. The Morgan fingerprint density at radius 2 is 1.95 bits per heavy atom. The third-order valence-electron chi connectivity index (χ3n) is 2.34. The molecule has 1 aromatic heterocycles. The molecule has 0 fully saturated rings. The second-order valence-electron chi connectivity index (χ2n) is 3.86. The summed E-state index contributed by atoms with van der Waals surface area (Å²) < 4.78 is 13.4. The van der Waals surface area contributed by atoms with E-state index < -0.39 is 0 Å². The molecule has 0 saturated heterocycles. The molecule has 2 rings (SSSR count). The Labute approximate surface area is 119 Å². The van der Waals surface area contributed by atoms with Gasteiger partial charge in [0.05, 0.1) is 10.9 Å². The highest BCUT2D eigenvalue weighted by Crippen LogP contribution is 2.20. The molecule has 19 heavy (non-hydrogen) atoms. The van der Waals surface area contributed by atoms with Crippen LogP contribution in [0.25, 0.3) is 0 Å². The van der Waals surface area contributed by atoms with E-state index in [1.165, 1.54) is 35.6 Å². The maximum absolute atomic E-state index is 12.7. The maximum Gasteiger partial charge on any atom is 0.238 e. The Hall–Kier alpha value is -1.43. The Bertz CT molecular complexity index is 556. The van der Waals surface area contributed by atoms with Crippen LogP contribution < -0.4 is 10.6 Å². The van der Waals surface area contributed by atoms with Crippen LogP contribution in [0.3, 0.4) is 0 Å². The molecule has 0 spiro atoms. The van der Waals surface area contributed by atoms with E-state index >= 15 is 0 Å². The summed E-state index contributed by atoms with van der Waals surface area (Å²) in [6.45, 7) is 0.779. The summed E-state index contributed by atoms with van der Waals surface area (Å²) in [6.07, 6.45) is 0. The van der Waals surface area contributed by atoms with Crippen molar-refractivity contribution in [2.24, 2.45) is 0 Å². The van der Waals surface area contributed by atoms with Crippen molar-refractivity contribution in [3.63, 3.8) is 0 Å². The lowest BCUT2D eigenvalue weighted by Gasteiger charge is -2.05. The van der Waals surface area contributed by atoms with Gasteiger partial charge in [0.2, 0.25) is 5.91 Å². The molecule has 0 radical (unpaired) electrons. The number of carbonyl (C=O) groups excluding carboxylic acids is 1. The maximum atomic E-state index is 12.7. The van der Waals surface area contributed by atoms with E-state index in [0.29, 0.717) is 12.2 Å². The molecule has 6 heteroatoms. The van der Waals surface area contributed by atoms with Gasteiger partial charge in [0, 0.05) is 17.1 Å². The summed E-state index contributed by atoms with van der Waals surface area (Å²) in [5, 5.41) is 5.68. The first-order chi connectivity index (χ1) is 9.13. The van der Waals surface area contributed by atoms with Crippen molar-refractivity contribution in [1.82, 2.24) is 5.32 Å². The number of anilines is 1. The van der Waals surface area contributed by atoms with Crippen LogP contribution in [0.15, 0.2) is 36.4 Å². The lowest BCUT2D eigenvalue weighted by molar-refractivity contribution is -0.115. The van der Waals surface area contributed by atoms with Crippen molar-refractivity contribution in [2.75, 3.05) is 11.9 Å². The number of hydrogen-bond acceptors (Lipinski definition) is 3. The number of thiophene rings is 1. The predicted molar refractivity (Wildman–Crippen MR) is 76.1 cm³/mol. The largest absolute Gasteiger partial charge is 0.325 e. The molecule has 2 N–H and O–H groups in total. The Morgan fingerprint density at radius 1 is 1.21 bits per heavy atom. The van der Waals surface area contributed by atoms with Crippen molar-refractivity contribution in [3.8, 4) is 0 Å². The standard InChI is InChI=1S/C13H12ClFN2OS/c14-12-6-5-11(19-12)7-16-8-13(18)17-10-3-1-9(15)2-4-10/h1-6,16H,7-8H2,(H,17,18). The molecule has 0 atom stereocenters. The van der Waals surface area contributed by atoms with Gasteiger partial charge in [-0.05, 0) is 36.4 Å². The minimum Gasteiger partial charge on any atom is -0.325 e. The topological polar surface area (TPSA) is 41.1 Å². The molecular weight excluding hydrogens is 287 g/mol. The van der Waals surface area contributed by atoms with Crippen molar-refractivity contribution < 1.29 is 9.18 Å². The van der Waals surface area contributed by atoms with Gasteiger partial charge < -0.3 is 10.6 Å². The lowest BCUT2D eigenvalue weighted by Crippen LogP contribution is -2.27. The van der Waals surface area contributed by atoms with E-state index in [4.69, 9.17) is 11.6 Å². The molecule has 0 aliphatic rings. The zero-order chi connectivity index (χ0) is 13.7. The summed E-state index contributed by atoms with van der Waals surface area (Å²) in [6, 6.07) is 9.38. The highest BCUT2D eigenvalue weighted by Gasteiger charge is 2.03. The summed E-state index contributed by atoms with van der Waals surface area (Å²) >= 11 is 7.28. The fourth-order valence-electron chi connectivity index (χ4n) is 1.48. The number of hydrogen-bond donors (Lipinski definition) is 2. The van der Waals surface area contributed by atoms with Crippen LogP contribution in [0.5, 0.6) is 0 Å².